The number of hydrogen-bond acceptors (Lipinski definition) is 6. The molecule has 1 aromatic carbocycles. The van der Waals surface area contributed by atoms with Crippen molar-refractivity contribution in [3.63, 3.8) is 0 Å². The molecule has 1 amide bonds. The van der Waals surface area contributed by atoms with E-state index in [0.29, 0.717) is 11.8 Å². The van der Waals surface area contributed by atoms with Gasteiger partial charge in [-0.3, -0.25) is 9.59 Å². The summed E-state index contributed by atoms with van der Waals surface area (Å²) in [5.41, 5.74) is 2.95. The van der Waals surface area contributed by atoms with E-state index < -0.39 is 40.6 Å². The lowest BCUT2D eigenvalue weighted by molar-refractivity contribution is -0.141. The zero-order chi connectivity index (χ0) is 24.3. The number of ether oxygens (including phenoxy) is 1. The van der Waals surface area contributed by atoms with Crippen LogP contribution in [0.15, 0.2) is 42.6 Å². The smallest absolute Gasteiger partial charge is 0.433 e. The average molecular weight is 462 g/mol. The molecule has 2 aromatic heterocycles. The first-order valence-corrected chi connectivity index (χ1v) is 9.47. The van der Waals surface area contributed by atoms with Crippen LogP contribution >= 0.6 is 0 Å². The zero-order valence-electron chi connectivity index (χ0n) is 17.5. The molecule has 0 spiro atoms. The molecule has 0 saturated heterocycles. The highest BCUT2D eigenvalue weighted by Gasteiger charge is 2.34. The van der Waals surface area contributed by atoms with Gasteiger partial charge in [-0.1, -0.05) is 12.1 Å². The van der Waals surface area contributed by atoms with Crippen LogP contribution in [-0.4, -0.2) is 28.8 Å². The Balaban J connectivity index is 2.03. The molecule has 0 aliphatic rings. The largest absolute Gasteiger partial charge is 0.497 e. The van der Waals surface area contributed by atoms with E-state index in [9.17, 15) is 22.8 Å². The lowest BCUT2D eigenvalue weighted by atomic mass is 9.97. The van der Waals surface area contributed by atoms with Gasteiger partial charge in [0.25, 0.3) is 5.91 Å². The summed E-state index contributed by atoms with van der Waals surface area (Å²) >= 11 is 0. The number of aromatic nitrogens is 2. The van der Waals surface area contributed by atoms with Crippen molar-refractivity contribution in [1.82, 2.24) is 9.97 Å². The summed E-state index contributed by atoms with van der Waals surface area (Å²) in [6.45, 7) is 1.25. The summed E-state index contributed by atoms with van der Waals surface area (Å²) in [6.07, 6.45) is -3.75. The molecule has 172 valence electrons. The molecule has 33 heavy (non-hydrogen) atoms. The van der Waals surface area contributed by atoms with E-state index in [-0.39, 0.29) is 23.5 Å². The Hall–Kier alpha value is -4.02. The molecule has 0 radical (unpaired) electrons. The number of pyridine rings is 2. The molecule has 0 saturated carbocycles. The molecule has 0 bridgehead atoms. The Morgan fingerprint density at radius 2 is 1.76 bits per heavy atom. The number of benzene rings is 1. The molecule has 3 N–H and O–H groups in total. The normalized spacial score (nSPS) is 11.2. The summed E-state index contributed by atoms with van der Waals surface area (Å²) in [4.78, 5) is 31.3. The van der Waals surface area contributed by atoms with Crippen molar-refractivity contribution in [3.05, 3.63) is 70.9 Å². The van der Waals surface area contributed by atoms with Crippen molar-refractivity contribution in [2.24, 2.45) is 5.73 Å². The highest BCUT2D eigenvalue weighted by molar-refractivity contribution is 6.05. The summed E-state index contributed by atoms with van der Waals surface area (Å²) in [7, 11) is 1.52. The van der Waals surface area contributed by atoms with E-state index in [4.69, 9.17) is 10.5 Å². The second-order valence-corrected chi connectivity index (χ2v) is 6.92. The van der Waals surface area contributed by atoms with Gasteiger partial charge in [0, 0.05) is 23.9 Å². The molecule has 0 unspecified atom stereocenters. The van der Waals surface area contributed by atoms with Crippen molar-refractivity contribution < 1.29 is 31.9 Å². The molecule has 0 fully saturated rings. The number of methoxy groups -OCH3 is 1. The third-order valence-corrected chi connectivity index (χ3v) is 4.70. The van der Waals surface area contributed by atoms with Crippen molar-refractivity contribution in [2.75, 3.05) is 12.4 Å². The number of amides is 1. The van der Waals surface area contributed by atoms with E-state index in [1.807, 2.05) is 0 Å². The Morgan fingerprint density at radius 3 is 2.30 bits per heavy atom. The molecule has 3 aromatic rings. The van der Waals surface area contributed by atoms with Gasteiger partial charge in [0.2, 0.25) is 0 Å². The summed E-state index contributed by atoms with van der Waals surface area (Å²) in [5.74, 6) is -2.63. The first kappa shape index (κ1) is 23.6. The van der Waals surface area contributed by atoms with Crippen molar-refractivity contribution in [2.45, 2.75) is 19.6 Å². The lowest BCUT2D eigenvalue weighted by Gasteiger charge is -2.15. The molecule has 0 atom stereocenters. The topological polar surface area (TPSA) is 107 Å². The van der Waals surface area contributed by atoms with E-state index >= 15 is 4.39 Å². The Kier molecular flexibility index (Phi) is 6.61. The van der Waals surface area contributed by atoms with Gasteiger partial charge in [0.15, 0.2) is 17.4 Å². The number of nitrogens with two attached hydrogens (primary N) is 1. The number of carbonyl (C=O) groups is 2. The number of anilines is 1. The predicted molar refractivity (Wildman–Crippen MR) is 111 cm³/mol. The van der Waals surface area contributed by atoms with Gasteiger partial charge < -0.3 is 15.8 Å². The molecular weight excluding hydrogens is 444 g/mol. The van der Waals surface area contributed by atoms with Gasteiger partial charge in [0.05, 0.1) is 12.7 Å². The van der Waals surface area contributed by atoms with Gasteiger partial charge in [-0.25, -0.2) is 14.4 Å². The minimum absolute atomic E-state index is 0.166. The number of hydrogen-bond donors (Lipinski definition) is 2. The highest BCUT2D eigenvalue weighted by atomic mass is 19.4. The maximum Gasteiger partial charge on any atom is 0.433 e. The molecule has 7 nitrogen and oxygen atoms in total. The molecule has 2 heterocycles. The van der Waals surface area contributed by atoms with Crippen LogP contribution in [0.1, 0.15) is 39.0 Å². The molecular formula is C22H18F4N4O3. The minimum Gasteiger partial charge on any atom is -0.497 e. The monoisotopic (exact) mass is 462 g/mol. The number of rotatable bonds is 7. The summed E-state index contributed by atoms with van der Waals surface area (Å²) in [5, 5.41) is 2.77. The van der Waals surface area contributed by atoms with Crippen LogP contribution in [-0.2, 0) is 12.7 Å². The Morgan fingerprint density at radius 1 is 1.09 bits per heavy atom. The third-order valence-electron chi connectivity index (χ3n) is 4.70. The van der Waals surface area contributed by atoms with E-state index in [1.165, 1.54) is 7.11 Å². The van der Waals surface area contributed by atoms with Crippen LogP contribution in [0.2, 0.25) is 0 Å². The number of ketones is 1. The fourth-order valence-corrected chi connectivity index (χ4v) is 3.11. The summed E-state index contributed by atoms with van der Waals surface area (Å²) in [6, 6.07) is 8.44. The standard InChI is InChI=1S/C22H18F4N4O3/c1-11(31)17-15(14-7-8-16(22(24,25)26)30-19(14)20(27)32)10-29-21(18(17)23)28-9-12-3-5-13(33-2)6-4-12/h3-8,10H,9H2,1-2H3,(H2,27,32)(H,28,29). The van der Waals surface area contributed by atoms with Crippen LogP contribution in [0.5, 0.6) is 5.75 Å². The molecule has 0 aliphatic carbocycles. The number of halogens is 4. The third kappa shape index (κ3) is 5.08. The first-order valence-electron chi connectivity index (χ1n) is 9.47. The van der Waals surface area contributed by atoms with Crippen molar-refractivity contribution >= 4 is 17.5 Å². The zero-order valence-corrected chi connectivity index (χ0v) is 17.5. The van der Waals surface area contributed by atoms with Crippen molar-refractivity contribution in [1.29, 1.82) is 0 Å². The highest BCUT2D eigenvalue weighted by Crippen LogP contribution is 2.34. The van der Waals surface area contributed by atoms with Gasteiger partial charge in [-0.05, 0) is 36.8 Å². The van der Waals surface area contributed by atoms with Crippen LogP contribution in [0.4, 0.5) is 23.4 Å². The first-order chi connectivity index (χ1) is 15.5. The fourth-order valence-electron chi connectivity index (χ4n) is 3.11. The van der Waals surface area contributed by atoms with Crippen LogP contribution < -0.4 is 15.8 Å². The quantitative estimate of drug-likeness (QED) is 0.402. The minimum atomic E-state index is -4.83. The van der Waals surface area contributed by atoms with Gasteiger partial charge in [-0.2, -0.15) is 13.2 Å². The van der Waals surface area contributed by atoms with E-state index in [2.05, 4.69) is 15.3 Å². The molecule has 11 heteroatoms. The predicted octanol–water partition coefficient (Wildman–Crippen LogP) is 4.22. The number of alkyl halides is 3. The van der Waals surface area contributed by atoms with Crippen LogP contribution in [0.25, 0.3) is 11.1 Å². The molecule has 3 rings (SSSR count). The number of Topliss-reactive ketones (excluding diaryl/α,β-unsaturated/α-hetero) is 1. The fraction of sp³-hybridized carbons (Fsp3) is 0.182. The Labute approximate surface area is 185 Å². The molecule has 0 aliphatic heterocycles. The van der Waals surface area contributed by atoms with Crippen molar-refractivity contribution in [3.8, 4) is 16.9 Å². The summed E-state index contributed by atoms with van der Waals surface area (Å²) < 4.78 is 59.3. The maximum atomic E-state index is 15.2. The van der Waals surface area contributed by atoms with Crippen LogP contribution in [0.3, 0.4) is 0 Å². The average Bonchev–Trinajstić information content (AvgIpc) is 2.77. The number of nitrogens with one attached hydrogen (secondary N) is 1. The lowest BCUT2D eigenvalue weighted by Crippen LogP contribution is -2.19. The number of carbonyl (C=O) groups excluding carboxylic acids is 2. The number of nitrogens with zero attached hydrogens (tertiary/aromatic N) is 2. The van der Waals surface area contributed by atoms with E-state index in [1.54, 1.807) is 24.3 Å². The van der Waals surface area contributed by atoms with Gasteiger partial charge >= 0.3 is 6.18 Å². The van der Waals surface area contributed by atoms with Crippen LogP contribution in [0, 0.1) is 5.82 Å². The Bertz CT molecular complexity index is 1210. The SMILES string of the molecule is COc1ccc(CNc2ncc(-c3ccc(C(F)(F)F)nc3C(N)=O)c(C(C)=O)c2F)cc1. The van der Waals surface area contributed by atoms with Gasteiger partial charge in [0.1, 0.15) is 17.1 Å². The van der Waals surface area contributed by atoms with Gasteiger partial charge in [-0.15, -0.1) is 0 Å². The second kappa shape index (κ2) is 9.23. The maximum absolute atomic E-state index is 15.2. The second-order valence-electron chi connectivity index (χ2n) is 6.92. The number of primary amides is 1. The van der Waals surface area contributed by atoms with E-state index in [0.717, 1.165) is 24.8 Å².